The molecule has 2 rings (SSSR count). The zero-order valence-electron chi connectivity index (χ0n) is 8.92. The van der Waals surface area contributed by atoms with Crippen LogP contribution < -0.4 is 5.32 Å². The van der Waals surface area contributed by atoms with Crippen LogP contribution in [0.15, 0.2) is 24.3 Å². The first kappa shape index (κ1) is 10.9. The molecule has 0 spiro atoms. The molecule has 1 aliphatic heterocycles. The highest BCUT2D eigenvalue weighted by Gasteiger charge is 2.27. The molecule has 82 valence electrons. The third-order valence-corrected chi connectivity index (χ3v) is 2.94. The zero-order chi connectivity index (χ0) is 10.7. The van der Waals surface area contributed by atoms with E-state index in [4.69, 9.17) is 16.3 Å². The Hall–Kier alpha value is -0.570. The molecule has 1 aromatic carbocycles. The summed E-state index contributed by atoms with van der Waals surface area (Å²) in [7, 11) is 0. The van der Waals surface area contributed by atoms with Crippen LogP contribution in [-0.4, -0.2) is 25.3 Å². The van der Waals surface area contributed by atoms with E-state index in [1.54, 1.807) is 0 Å². The Morgan fingerprint density at radius 3 is 3.07 bits per heavy atom. The van der Waals surface area contributed by atoms with Gasteiger partial charge in [-0.25, -0.2) is 0 Å². The van der Waals surface area contributed by atoms with Crippen LogP contribution in [0.2, 0.25) is 5.02 Å². The van der Waals surface area contributed by atoms with Gasteiger partial charge in [-0.1, -0.05) is 23.7 Å². The number of halogens is 1. The van der Waals surface area contributed by atoms with Crippen molar-refractivity contribution in [1.29, 1.82) is 0 Å². The van der Waals surface area contributed by atoms with Crippen molar-refractivity contribution in [2.24, 2.45) is 0 Å². The number of nitrogens with one attached hydrogen (secondary N) is 1. The molecule has 1 aromatic rings. The molecule has 1 fully saturated rings. The van der Waals surface area contributed by atoms with Gasteiger partial charge in [0.15, 0.2) is 0 Å². The molecule has 1 heterocycles. The van der Waals surface area contributed by atoms with Gasteiger partial charge in [0.1, 0.15) is 0 Å². The smallest absolute Gasteiger partial charge is 0.0649 e. The van der Waals surface area contributed by atoms with Crippen molar-refractivity contribution in [3.63, 3.8) is 0 Å². The lowest BCUT2D eigenvalue weighted by atomic mass is 9.93. The second-order valence-electron chi connectivity index (χ2n) is 4.35. The van der Waals surface area contributed by atoms with Gasteiger partial charge in [-0.2, -0.15) is 0 Å². The Balaban J connectivity index is 2.06. The maximum absolute atomic E-state index is 5.96. The lowest BCUT2D eigenvalue weighted by molar-refractivity contribution is 0.0356. The van der Waals surface area contributed by atoms with Crippen LogP contribution in [0.25, 0.3) is 0 Å². The zero-order valence-corrected chi connectivity index (χ0v) is 9.68. The summed E-state index contributed by atoms with van der Waals surface area (Å²) in [5.41, 5.74) is 1.30. The molecule has 1 saturated heterocycles. The Bertz CT molecular complexity index is 334. The number of hydrogen-bond acceptors (Lipinski definition) is 2. The quantitative estimate of drug-likeness (QED) is 0.834. The van der Waals surface area contributed by atoms with E-state index in [-0.39, 0.29) is 5.54 Å². The normalized spacial score (nSPS) is 26.5. The van der Waals surface area contributed by atoms with Gasteiger partial charge < -0.3 is 10.1 Å². The predicted octanol–water partition coefficient (Wildman–Crippen LogP) is 2.26. The summed E-state index contributed by atoms with van der Waals surface area (Å²) < 4.78 is 5.49. The minimum absolute atomic E-state index is 0.0446. The monoisotopic (exact) mass is 225 g/mol. The largest absolute Gasteiger partial charge is 0.378 e. The van der Waals surface area contributed by atoms with Crippen LogP contribution in [0.5, 0.6) is 0 Å². The van der Waals surface area contributed by atoms with Crippen LogP contribution in [0, 0.1) is 0 Å². The van der Waals surface area contributed by atoms with E-state index in [9.17, 15) is 0 Å². The molecule has 15 heavy (non-hydrogen) atoms. The van der Waals surface area contributed by atoms with Crippen LogP contribution in [-0.2, 0) is 11.2 Å². The topological polar surface area (TPSA) is 21.3 Å². The van der Waals surface area contributed by atoms with E-state index >= 15 is 0 Å². The summed E-state index contributed by atoms with van der Waals surface area (Å²) in [6, 6.07) is 8.01. The highest BCUT2D eigenvalue weighted by Crippen LogP contribution is 2.18. The maximum atomic E-state index is 5.96. The Morgan fingerprint density at radius 2 is 2.40 bits per heavy atom. The first-order chi connectivity index (χ1) is 7.18. The van der Waals surface area contributed by atoms with Crippen molar-refractivity contribution in [3.8, 4) is 0 Å². The molecule has 1 unspecified atom stereocenters. The van der Waals surface area contributed by atoms with Crippen molar-refractivity contribution in [2.75, 3.05) is 19.8 Å². The summed E-state index contributed by atoms with van der Waals surface area (Å²) >= 11 is 5.96. The van der Waals surface area contributed by atoms with Crippen molar-refractivity contribution >= 4 is 11.6 Å². The van der Waals surface area contributed by atoms with Gasteiger partial charge in [0.2, 0.25) is 0 Å². The molecule has 0 aliphatic carbocycles. The van der Waals surface area contributed by atoms with E-state index < -0.39 is 0 Å². The average molecular weight is 226 g/mol. The molecule has 1 atom stereocenters. The fraction of sp³-hybridized carbons (Fsp3) is 0.500. The number of rotatable bonds is 2. The Kier molecular flexibility index (Phi) is 3.29. The summed E-state index contributed by atoms with van der Waals surface area (Å²) in [6.45, 7) is 4.69. The molecule has 0 aromatic heterocycles. The SMILES string of the molecule is CC1(Cc2cccc(Cl)c2)COCCN1. The minimum Gasteiger partial charge on any atom is -0.378 e. The Morgan fingerprint density at radius 1 is 1.53 bits per heavy atom. The standard InChI is InChI=1S/C12H16ClNO/c1-12(9-15-6-5-14-12)8-10-3-2-4-11(13)7-10/h2-4,7,14H,5-6,8-9H2,1H3. The first-order valence-corrected chi connectivity index (χ1v) is 5.63. The van der Waals surface area contributed by atoms with Gasteiger partial charge in [0, 0.05) is 17.1 Å². The van der Waals surface area contributed by atoms with Gasteiger partial charge in [-0.15, -0.1) is 0 Å². The molecule has 0 radical (unpaired) electrons. The van der Waals surface area contributed by atoms with E-state index in [0.29, 0.717) is 0 Å². The second kappa shape index (κ2) is 4.52. The molecule has 2 nitrogen and oxygen atoms in total. The average Bonchev–Trinajstić information content (AvgIpc) is 2.18. The van der Waals surface area contributed by atoms with Crippen LogP contribution >= 0.6 is 11.6 Å². The van der Waals surface area contributed by atoms with Crippen LogP contribution in [0.4, 0.5) is 0 Å². The third-order valence-electron chi connectivity index (χ3n) is 2.70. The summed E-state index contributed by atoms with van der Waals surface area (Å²) in [4.78, 5) is 0. The number of ether oxygens (including phenoxy) is 1. The van der Waals surface area contributed by atoms with E-state index in [1.807, 2.05) is 18.2 Å². The van der Waals surface area contributed by atoms with Crippen molar-refractivity contribution < 1.29 is 4.74 Å². The molecule has 3 heteroatoms. The molecule has 0 saturated carbocycles. The van der Waals surface area contributed by atoms with Crippen molar-refractivity contribution in [1.82, 2.24) is 5.32 Å². The number of benzene rings is 1. The highest BCUT2D eigenvalue weighted by molar-refractivity contribution is 6.30. The molecule has 0 amide bonds. The van der Waals surface area contributed by atoms with Crippen molar-refractivity contribution in [3.05, 3.63) is 34.9 Å². The van der Waals surface area contributed by atoms with Gasteiger partial charge in [-0.3, -0.25) is 0 Å². The van der Waals surface area contributed by atoms with Gasteiger partial charge in [-0.05, 0) is 31.0 Å². The van der Waals surface area contributed by atoms with E-state index in [0.717, 1.165) is 31.2 Å². The first-order valence-electron chi connectivity index (χ1n) is 5.25. The van der Waals surface area contributed by atoms with Crippen molar-refractivity contribution in [2.45, 2.75) is 18.9 Å². The molecular weight excluding hydrogens is 210 g/mol. The predicted molar refractivity (Wildman–Crippen MR) is 62.4 cm³/mol. The molecule has 1 aliphatic rings. The van der Waals surface area contributed by atoms with Crippen LogP contribution in [0.1, 0.15) is 12.5 Å². The second-order valence-corrected chi connectivity index (χ2v) is 4.78. The molecular formula is C12H16ClNO. The number of hydrogen-bond donors (Lipinski definition) is 1. The summed E-state index contributed by atoms with van der Waals surface area (Å²) in [5.74, 6) is 0. The van der Waals surface area contributed by atoms with E-state index in [2.05, 4.69) is 18.3 Å². The Labute approximate surface area is 95.6 Å². The van der Waals surface area contributed by atoms with Gasteiger partial charge in [0.25, 0.3) is 0 Å². The minimum atomic E-state index is 0.0446. The van der Waals surface area contributed by atoms with Gasteiger partial charge in [0.05, 0.1) is 13.2 Å². The highest BCUT2D eigenvalue weighted by atomic mass is 35.5. The summed E-state index contributed by atoms with van der Waals surface area (Å²) in [6.07, 6.45) is 0.952. The fourth-order valence-corrected chi connectivity index (χ4v) is 2.20. The van der Waals surface area contributed by atoms with E-state index in [1.165, 1.54) is 5.56 Å². The maximum Gasteiger partial charge on any atom is 0.0649 e. The number of morpholine rings is 1. The molecule has 0 bridgehead atoms. The lowest BCUT2D eigenvalue weighted by Crippen LogP contribution is -2.53. The lowest BCUT2D eigenvalue weighted by Gasteiger charge is -2.35. The fourth-order valence-electron chi connectivity index (χ4n) is 1.98. The summed E-state index contributed by atoms with van der Waals surface area (Å²) in [5, 5.41) is 4.29. The van der Waals surface area contributed by atoms with Gasteiger partial charge >= 0.3 is 0 Å². The molecule has 1 N–H and O–H groups in total. The third kappa shape index (κ3) is 2.94. The van der Waals surface area contributed by atoms with Crippen LogP contribution in [0.3, 0.4) is 0 Å².